The molecule has 2 saturated heterocycles. The Morgan fingerprint density at radius 1 is 1.03 bits per heavy atom. The van der Waals surface area contributed by atoms with Gasteiger partial charge in [-0.25, -0.2) is 4.90 Å². The van der Waals surface area contributed by atoms with Crippen LogP contribution in [0.2, 0.25) is 0 Å². The average molecular weight is 433 g/mol. The van der Waals surface area contributed by atoms with E-state index in [1.165, 1.54) is 9.80 Å². The third kappa shape index (κ3) is 2.59. The fraction of sp³-hybridized carbons (Fsp3) is 0.333. The van der Waals surface area contributed by atoms with Crippen molar-refractivity contribution in [2.75, 3.05) is 23.0 Å². The van der Waals surface area contributed by atoms with Gasteiger partial charge in [-0.1, -0.05) is 36.4 Å². The molecule has 0 unspecified atom stereocenters. The van der Waals surface area contributed by atoms with Gasteiger partial charge in [0, 0.05) is 17.3 Å². The Morgan fingerprint density at radius 2 is 1.72 bits per heavy atom. The van der Waals surface area contributed by atoms with Crippen LogP contribution in [-0.2, 0) is 29.5 Å². The van der Waals surface area contributed by atoms with Crippen molar-refractivity contribution >= 4 is 35.1 Å². The van der Waals surface area contributed by atoms with Gasteiger partial charge in [-0.15, -0.1) is 0 Å². The molecule has 8 nitrogen and oxygen atoms in total. The summed E-state index contributed by atoms with van der Waals surface area (Å²) >= 11 is 0. The second-order valence-corrected chi connectivity index (χ2v) is 8.31. The van der Waals surface area contributed by atoms with Crippen molar-refractivity contribution in [1.29, 1.82) is 0 Å². The summed E-state index contributed by atoms with van der Waals surface area (Å²) in [6, 6.07) is 15.4. The quantitative estimate of drug-likeness (QED) is 0.581. The first-order valence-electron chi connectivity index (χ1n) is 10.7. The van der Waals surface area contributed by atoms with Crippen LogP contribution in [0.15, 0.2) is 54.6 Å². The van der Waals surface area contributed by atoms with Gasteiger partial charge in [0.2, 0.25) is 11.8 Å². The van der Waals surface area contributed by atoms with Crippen LogP contribution < -0.4 is 15.1 Å². The van der Waals surface area contributed by atoms with Gasteiger partial charge in [-0.3, -0.25) is 29.4 Å². The lowest BCUT2D eigenvalue weighted by Gasteiger charge is -2.30. The van der Waals surface area contributed by atoms with Crippen LogP contribution in [0.4, 0.5) is 11.4 Å². The van der Waals surface area contributed by atoms with Gasteiger partial charge in [-0.2, -0.15) is 0 Å². The van der Waals surface area contributed by atoms with E-state index in [-0.39, 0.29) is 19.1 Å². The monoisotopic (exact) mass is 433 g/mol. The van der Waals surface area contributed by atoms with Gasteiger partial charge in [0.15, 0.2) is 0 Å². The fourth-order valence-electron chi connectivity index (χ4n) is 5.43. The van der Waals surface area contributed by atoms with E-state index in [4.69, 9.17) is 4.74 Å². The average Bonchev–Trinajstić information content (AvgIpc) is 3.33. The first-order chi connectivity index (χ1) is 15.4. The van der Waals surface area contributed by atoms with Crippen molar-refractivity contribution in [2.24, 2.45) is 11.8 Å². The number of nitrogens with zero attached hydrogens (tertiary/aromatic N) is 2. The number of esters is 1. The lowest BCUT2D eigenvalue weighted by molar-refractivity contribution is -0.142. The molecule has 3 aliphatic heterocycles. The summed E-state index contributed by atoms with van der Waals surface area (Å²) in [5.74, 6) is -3.29. The SMILES string of the molecule is CCOC(=O)CN1C(=O)[C@]2(N[C@H](C)[C@@H]3C(=O)N(c4ccccc4)C(=O)[C@@H]32)c2ccccc21. The molecule has 4 atom stereocenters. The maximum atomic E-state index is 13.9. The predicted octanol–water partition coefficient (Wildman–Crippen LogP) is 1.59. The van der Waals surface area contributed by atoms with E-state index in [1.54, 1.807) is 55.5 Å². The molecule has 0 aliphatic carbocycles. The molecule has 2 aromatic rings. The highest BCUT2D eigenvalue weighted by Gasteiger charge is 2.71. The van der Waals surface area contributed by atoms with E-state index in [0.717, 1.165) is 0 Å². The normalized spacial score (nSPS) is 28.4. The molecule has 164 valence electrons. The van der Waals surface area contributed by atoms with Crippen molar-refractivity contribution < 1.29 is 23.9 Å². The molecule has 3 aliphatic rings. The molecule has 0 radical (unpaired) electrons. The lowest BCUT2D eigenvalue weighted by Crippen LogP contribution is -2.55. The Bertz CT molecular complexity index is 1130. The first-order valence-corrected chi connectivity index (χ1v) is 10.7. The van der Waals surface area contributed by atoms with E-state index in [2.05, 4.69) is 5.32 Å². The van der Waals surface area contributed by atoms with Crippen molar-refractivity contribution in [3.05, 3.63) is 60.2 Å². The van der Waals surface area contributed by atoms with Crippen molar-refractivity contribution in [2.45, 2.75) is 25.4 Å². The number of anilines is 2. The molecule has 5 rings (SSSR count). The van der Waals surface area contributed by atoms with Crippen LogP contribution in [0.1, 0.15) is 19.4 Å². The number of hydrogen-bond acceptors (Lipinski definition) is 6. The predicted molar refractivity (Wildman–Crippen MR) is 116 cm³/mol. The van der Waals surface area contributed by atoms with Crippen LogP contribution in [-0.4, -0.2) is 42.9 Å². The number of rotatable bonds is 4. The molecule has 1 spiro atoms. The molecule has 0 saturated carbocycles. The summed E-state index contributed by atoms with van der Waals surface area (Å²) in [7, 11) is 0. The number of benzene rings is 2. The Labute approximate surface area is 185 Å². The first kappa shape index (κ1) is 20.4. The Balaban J connectivity index is 1.62. The van der Waals surface area contributed by atoms with Gasteiger partial charge in [-0.05, 0) is 32.0 Å². The minimum Gasteiger partial charge on any atom is -0.465 e. The summed E-state index contributed by atoms with van der Waals surface area (Å²) < 4.78 is 5.06. The van der Waals surface area contributed by atoms with Crippen molar-refractivity contribution in [3.63, 3.8) is 0 Å². The van der Waals surface area contributed by atoms with Crippen molar-refractivity contribution in [1.82, 2.24) is 5.32 Å². The summed E-state index contributed by atoms with van der Waals surface area (Å²) in [5.41, 5.74) is 0.221. The molecule has 1 N–H and O–H groups in total. The number of amides is 3. The molecular formula is C24H23N3O5. The minimum atomic E-state index is -1.41. The molecule has 3 heterocycles. The summed E-state index contributed by atoms with van der Waals surface area (Å²) in [5, 5.41) is 3.29. The zero-order chi connectivity index (χ0) is 22.6. The minimum absolute atomic E-state index is 0.201. The fourth-order valence-corrected chi connectivity index (χ4v) is 5.43. The summed E-state index contributed by atoms with van der Waals surface area (Å²) in [4.78, 5) is 55.7. The third-order valence-corrected chi connectivity index (χ3v) is 6.62. The second-order valence-electron chi connectivity index (χ2n) is 8.31. The topological polar surface area (TPSA) is 96.0 Å². The lowest BCUT2D eigenvalue weighted by atomic mass is 9.76. The Morgan fingerprint density at radius 3 is 2.44 bits per heavy atom. The maximum absolute atomic E-state index is 13.9. The second kappa shape index (κ2) is 7.27. The van der Waals surface area contributed by atoms with Crippen LogP contribution >= 0.6 is 0 Å². The molecule has 0 aromatic heterocycles. The third-order valence-electron chi connectivity index (χ3n) is 6.62. The maximum Gasteiger partial charge on any atom is 0.326 e. The molecule has 8 heteroatoms. The summed E-state index contributed by atoms with van der Waals surface area (Å²) in [6.07, 6.45) is 0. The summed E-state index contributed by atoms with van der Waals surface area (Å²) in [6.45, 7) is 3.46. The van der Waals surface area contributed by atoms with Gasteiger partial charge in [0.25, 0.3) is 5.91 Å². The van der Waals surface area contributed by atoms with E-state index in [9.17, 15) is 19.2 Å². The van der Waals surface area contributed by atoms with Gasteiger partial charge < -0.3 is 4.74 Å². The number of imide groups is 1. The Hall–Kier alpha value is -3.52. The van der Waals surface area contributed by atoms with Crippen LogP contribution in [0, 0.1) is 11.8 Å². The number of carbonyl (C=O) groups excluding carboxylic acids is 4. The number of para-hydroxylation sites is 2. The van der Waals surface area contributed by atoms with Gasteiger partial charge >= 0.3 is 5.97 Å². The number of ether oxygens (including phenoxy) is 1. The number of carbonyl (C=O) groups is 4. The van der Waals surface area contributed by atoms with Crippen molar-refractivity contribution in [3.8, 4) is 0 Å². The van der Waals surface area contributed by atoms with Gasteiger partial charge in [0.1, 0.15) is 12.1 Å². The largest absolute Gasteiger partial charge is 0.465 e. The van der Waals surface area contributed by atoms with Crippen LogP contribution in [0.5, 0.6) is 0 Å². The number of nitrogens with one attached hydrogen (secondary N) is 1. The molecule has 32 heavy (non-hydrogen) atoms. The Kier molecular flexibility index (Phi) is 4.63. The highest BCUT2D eigenvalue weighted by molar-refractivity contribution is 6.26. The zero-order valence-corrected chi connectivity index (χ0v) is 17.8. The van der Waals surface area contributed by atoms with Gasteiger partial charge in [0.05, 0.1) is 24.1 Å². The molecule has 0 bridgehead atoms. The molecular weight excluding hydrogens is 410 g/mol. The van der Waals surface area contributed by atoms with E-state index >= 15 is 0 Å². The standard InChI is InChI=1S/C24H23N3O5/c1-3-32-18(28)13-26-17-12-8-7-11-16(17)24(23(26)31)20-19(14(2)25-24)21(29)27(22(20)30)15-9-5-4-6-10-15/h4-12,14,19-20,25H,3,13H2,1-2H3/t14-,19+,20-,24+/m1/s1. The number of fused-ring (bicyclic) bond motifs is 4. The highest BCUT2D eigenvalue weighted by Crippen LogP contribution is 2.54. The van der Waals surface area contributed by atoms with E-state index in [1.807, 2.05) is 13.0 Å². The molecule has 2 aromatic carbocycles. The smallest absolute Gasteiger partial charge is 0.326 e. The molecule has 2 fully saturated rings. The molecule has 3 amide bonds. The van der Waals surface area contributed by atoms with Crippen LogP contribution in [0.3, 0.4) is 0 Å². The highest BCUT2D eigenvalue weighted by atomic mass is 16.5. The zero-order valence-electron chi connectivity index (χ0n) is 17.8. The van der Waals surface area contributed by atoms with E-state index in [0.29, 0.717) is 16.9 Å². The van der Waals surface area contributed by atoms with E-state index < -0.39 is 41.2 Å². The van der Waals surface area contributed by atoms with Crippen LogP contribution in [0.25, 0.3) is 0 Å². The number of hydrogen-bond donors (Lipinski definition) is 1.